The number of furan rings is 1. The summed E-state index contributed by atoms with van der Waals surface area (Å²) in [5, 5.41) is 12.4. The van der Waals surface area contributed by atoms with Crippen molar-refractivity contribution in [2.45, 2.75) is 13.5 Å². The van der Waals surface area contributed by atoms with Crippen LogP contribution < -0.4 is 10.1 Å². The third kappa shape index (κ3) is 4.05. The van der Waals surface area contributed by atoms with Gasteiger partial charge in [-0.05, 0) is 55.0 Å². The second-order valence-electron chi connectivity index (χ2n) is 5.58. The molecule has 0 atom stereocenters. The fourth-order valence-corrected chi connectivity index (χ4v) is 2.43. The van der Waals surface area contributed by atoms with Crippen molar-refractivity contribution in [2.24, 2.45) is 0 Å². The molecule has 2 aromatic carbocycles. The number of ether oxygens (including phenoxy) is 1. The summed E-state index contributed by atoms with van der Waals surface area (Å²) in [6, 6.07) is 17.4. The quantitative estimate of drug-likeness (QED) is 0.693. The monoisotopic (exact) mass is 366 g/mol. The van der Waals surface area contributed by atoms with Gasteiger partial charge in [-0.25, -0.2) is 0 Å². The summed E-state index contributed by atoms with van der Waals surface area (Å²) in [5.41, 5.74) is 1.74. The van der Waals surface area contributed by atoms with Crippen LogP contribution in [0.4, 0.5) is 5.69 Å². The van der Waals surface area contributed by atoms with E-state index in [1.807, 2.05) is 19.1 Å². The molecule has 0 saturated carbocycles. The maximum absolute atomic E-state index is 12.3. The Morgan fingerprint density at radius 1 is 1.23 bits per heavy atom. The Kier molecular flexibility index (Phi) is 5.26. The Bertz CT molecular complexity index is 989. The predicted octanol–water partition coefficient (Wildman–Crippen LogP) is 4.94. The topological polar surface area (TPSA) is 75.3 Å². The fourth-order valence-electron chi connectivity index (χ4n) is 2.31. The average Bonchev–Trinajstić information content (AvgIpc) is 3.12. The Morgan fingerprint density at radius 3 is 2.81 bits per heavy atom. The van der Waals surface area contributed by atoms with Crippen LogP contribution in [0.15, 0.2) is 59.0 Å². The van der Waals surface area contributed by atoms with Crippen molar-refractivity contribution < 1.29 is 13.9 Å². The van der Waals surface area contributed by atoms with Crippen LogP contribution in [0.5, 0.6) is 5.75 Å². The fraction of sp³-hybridized carbons (Fsp3) is 0.100. The van der Waals surface area contributed by atoms with E-state index in [1.165, 1.54) is 0 Å². The van der Waals surface area contributed by atoms with Crippen LogP contribution >= 0.6 is 11.6 Å². The highest BCUT2D eigenvalue weighted by Crippen LogP contribution is 2.22. The molecule has 0 aliphatic heterocycles. The van der Waals surface area contributed by atoms with Crippen LogP contribution in [0.1, 0.15) is 27.4 Å². The first-order valence-corrected chi connectivity index (χ1v) is 8.23. The number of carbonyl (C=O) groups is 1. The molecule has 0 radical (unpaired) electrons. The zero-order valence-electron chi connectivity index (χ0n) is 14.0. The molecule has 130 valence electrons. The molecule has 26 heavy (non-hydrogen) atoms. The number of benzene rings is 2. The minimum Gasteiger partial charge on any atom is -0.486 e. The average molecular weight is 367 g/mol. The van der Waals surface area contributed by atoms with E-state index >= 15 is 0 Å². The molecule has 0 aliphatic rings. The van der Waals surface area contributed by atoms with Crippen molar-refractivity contribution in [3.8, 4) is 11.8 Å². The third-order valence-corrected chi connectivity index (χ3v) is 4.12. The number of hydrogen-bond donors (Lipinski definition) is 1. The second kappa shape index (κ2) is 7.77. The molecular formula is C20H15ClN2O3. The Hall–Kier alpha value is -3.23. The number of carbonyl (C=O) groups excluding carboxylic acids is 1. The third-order valence-electron chi connectivity index (χ3n) is 3.69. The molecule has 6 heteroatoms. The molecule has 1 aromatic heterocycles. The number of anilines is 1. The molecule has 1 N–H and O–H groups in total. The maximum Gasteiger partial charge on any atom is 0.291 e. The molecule has 5 nitrogen and oxygen atoms in total. The highest BCUT2D eigenvalue weighted by Gasteiger charge is 2.13. The minimum absolute atomic E-state index is 0.142. The summed E-state index contributed by atoms with van der Waals surface area (Å²) < 4.78 is 11.2. The Morgan fingerprint density at radius 2 is 2.04 bits per heavy atom. The van der Waals surface area contributed by atoms with Gasteiger partial charge in [0, 0.05) is 5.02 Å². The summed E-state index contributed by atoms with van der Waals surface area (Å²) in [6.07, 6.45) is 0. The molecule has 0 aliphatic carbocycles. The van der Waals surface area contributed by atoms with E-state index < -0.39 is 5.91 Å². The van der Waals surface area contributed by atoms with Crippen molar-refractivity contribution in [3.63, 3.8) is 0 Å². The van der Waals surface area contributed by atoms with Gasteiger partial charge in [-0.1, -0.05) is 23.7 Å². The lowest BCUT2D eigenvalue weighted by atomic mass is 10.2. The Labute approximate surface area is 155 Å². The summed E-state index contributed by atoms with van der Waals surface area (Å²) in [4.78, 5) is 12.3. The van der Waals surface area contributed by atoms with Crippen molar-refractivity contribution in [1.29, 1.82) is 5.26 Å². The molecule has 1 heterocycles. The van der Waals surface area contributed by atoms with Crippen LogP contribution in [-0.2, 0) is 6.61 Å². The molecular weight excluding hydrogens is 352 g/mol. The highest BCUT2D eigenvalue weighted by molar-refractivity contribution is 6.31. The number of para-hydroxylation sites is 1. The van der Waals surface area contributed by atoms with Crippen LogP contribution in [0.3, 0.4) is 0 Å². The summed E-state index contributed by atoms with van der Waals surface area (Å²) in [7, 11) is 0. The van der Waals surface area contributed by atoms with E-state index in [9.17, 15) is 4.79 Å². The number of aryl methyl sites for hydroxylation is 1. The SMILES string of the molecule is Cc1cc(OCc2ccc(C(=O)Nc3ccccc3C#N)o2)ccc1Cl. The molecule has 0 bridgehead atoms. The normalized spacial score (nSPS) is 10.2. The molecule has 3 rings (SSSR count). The first kappa shape index (κ1) is 17.6. The van der Waals surface area contributed by atoms with E-state index in [2.05, 4.69) is 5.32 Å². The van der Waals surface area contributed by atoms with Gasteiger partial charge in [-0.2, -0.15) is 5.26 Å². The van der Waals surface area contributed by atoms with E-state index in [1.54, 1.807) is 48.5 Å². The van der Waals surface area contributed by atoms with E-state index in [-0.39, 0.29) is 12.4 Å². The van der Waals surface area contributed by atoms with Crippen molar-refractivity contribution in [3.05, 3.63) is 82.3 Å². The van der Waals surface area contributed by atoms with Gasteiger partial charge in [0.15, 0.2) is 5.76 Å². The van der Waals surface area contributed by atoms with Crippen molar-refractivity contribution in [1.82, 2.24) is 0 Å². The summed E-state index contributed by atoms with van der Waals surface area (Å²) in [5.74, 6) is 0.887. The summed E-state index contributed by atoms with van der Waals surface area (Å²) >= 11 is 5.99. The first-order valence-electron chi connectivity index (χ1n) is 7.85. The molecule has 1 amide bonds. The van der Waals surface area contributed by atoms with E-state index in [0.29, 0.717) is 27.8 Å². The summed E-state index contributed by atoms with van der Waals surface area (Å²) in [6.45, 7) is 2.08. The zero-order valence-corrected chi connectivity index (χ0v) is 14.7. The van der Waals surface area contributed by atoms with Gasteiger partial charge in [-0.15, -0.1) is 0 Å². The lowest BCUT2D eigenvalue weighted by molar-refractivity contribution is 0.0992. The number of halogens is 1. The van der Waals surface area contributed by atoms with Gasteiger partial charge in [0.05, 0.1) is 11.3 Å². The number of nitrogens with zero attached hydrogens (tertiary/aromatic N) is 1. The van der Waals surface area contributed by atoms with Gasteiger partial charge in [0.2, 0.25) is 0 Å². The largest absolute Gasteiger partial charge is 0.486 e. The zero-order chi connectivity index (χ0) is 18.5. The van der Waals surface area contributed by atoms with E-state index in [0.717, 1.165) is 5.56 Å². The van der Waals surface area contributed by atoms with Gasteiger partial charge >= 0.3 is 0 Å². The van der Waals surface area contributed by atoms with Crippen LogP contribution in [0.2, 0.25) is 5.02 Å². The van der Waals surface area contributed by atoms with Crippen molar-refractivity contribution in [2.75, 3.05) is 5.32 Å². The van der Waals surface area contributed by atoms with Crippen molar-refractivity contribution >= 4 is 23.2 Å². The standard InChI is InChI=1S/C20H15ClN2O3/c1-13-10-15(6-8-17(13)21)25-12-16-7-9-19(26-16)20(24)23-18-5-3-2-4-14(18)11-22/h2-10H,12H2,1H3,(H,23,24). The number of nitriles is 1. The molecule has 3 aromatic rings. The molecule has 0 spiro atoms. The van der Waals surface area contributed by atoms with Crippen LogP contribution in [-0.4, -0.2) is 5.91 Å². The number of hydrogen-bond acceptors (Lipinski definition) is 4. The van der Waals surface area contributed by atoms with Gasteiger partial charge in [0.1, 0.15) is 24.2 Å². The molecule has 0 saturated heterocycles. The minimum atomic E-state index is -0.429. The lowest BCUT2D eigenvalue weighted by Crippen LogP contribution is -2.11. The van der Waals surface area contributed by atoms with Gasteiger partial charge in [-0.3, -0.25) is 4.79 Å². The first-order chi connectivity index (χ1) is 12.6. The van der Waals surface area contributed by atoms with Gasteiger partial charge in [0.25, 0.3) is 5.91 Å². The predicted molar refractivity (Wildman–Crippen MR) is 98.3 cm³/mol. The molecule has 0 unspecified atom stereocenters. The lowest BCUT2D eigenvalue weighted by Gasteiger charge is -2.06. The van der Waals surface area contributed by atoms with Crippen LogP contribution in [0.25, 0.3) is 0 Å². The Balaban J connectivity index is 1.64. The number of nitrogens with one attached hydrogen (secondary N) is 1. The maximum atomic E-state index is 12.3. The van der Waals surface area contributed by atoms with Gasteiger partial charge < -0.3 is 14.5 Å². The smallest absolute Gasteiger partial charge is 0.291 e. The van der Waals surface area contributed by atoms with E-state index in [4.69, 9.17) is 26.0 Å². The number of rotatable bonds is 5. The van der Waals surface area contributed by atoms with Crippen LogP contribution in [0, 0.1) is 18.3 Å². The molecule has 0 fully saturated rings. The highest BCUT2D eigenvalue weighted by atomic mass is 35.5. The number of amides is 1. The second-order valence-corrected chi connectivity index (χ2v) is 5.98.